The molecule has 2 aliphatic heterocycles. The number of aromatic nitrogens is 2. The topological polar surface area (TPSA) is 330 Å². The predicted octanol–water partition coefficient (Wildman–Crippen LogP) is -6.27. The van der Waals surface area contributed by atoms with Crippen LogP contribution in [0.5, 0.6) is 0 Å². The second-order valence-corrected chi connectivity index (χ2v) is 12.1. The maximum absolute atomic E-state index is 12.4. The van der Waals surface area contributed by atoms with Crippen LogP contribution < -0.4 is 26.4 Å². The van der Waals surface area contributed by atoms with Crippen LogP contribution in [0.25, 0.3) is 0 Å². The summed E-state index contributed by atoms with van der Waals surface area (Å²) in [7, 11) is -10.5. The molecule has 2 saturated heterocycles. The number of aromatic amines is 1. The van der Waals surface area contributed by atoms with Gasteiger partial charge in [-0.3, -0.25) is 32.8 Å². The number of aliphatic hydroxyl groups excluding tert-OH is 5. The zero-order chi connectivity index (χ0) is 32.8. The van der Waals surface area contributed by atoms with Gasteiger partial charge in [0.1, 0.15) is 36.6 Å². The molecule has 252 valence electrons. The average Bonchev–Trinajstić information content (AvgIpc) is 3.22. The number of methoxy groups -OCH3 is 1. The van der Waals surface area contributed by atoms with Crippen molar-refractivity contribution in [2.45, 2.75) is 55.2 Å². The van der Waals surface area contributed by atoms with E-state index in [4.69, 9.17) is 18.9 Å². The van der Waals surface area contributed by atoms with Crippen LogP contribution in [0.1, 0.15) is 6.23 Å². The van der Waals surface area contributed by atoms with Crippen LogP contribution in [-0.4, -0.2) is 130 Å². The van der Waals surface area contributed by atoms with E-state index in [1.54, 1.807) is 0 Å². The number of hydrogen-bond donors (Lipinski definition) is 7. The van der Waals surface area contributed by atoms with Gasteiger partial charge in [0.15, 0.2) is 18.6 Å². The molecule has 2 aliphatic rings. The average molecular weight is 679 g/mol. The third-order valence-electron chi connectivity index (χ3n) is 6.10. The largest absolute Gasteiger partial charge is 0.756 e. The number of rotatable bonds is 15. The van der Waals surface area contributed by atoms with Crippen molar-refractivity contribution in [1.82, 2.24) is 14.9 Å². The number of nitrogens with zero attached hydrogens (tertiary/aromatic N) is 1. The molecule has 0 saturated carbocycles. The van der Waals surface area contributed by atoms with Gasteiger partial charge in [0.25, 0.3) is 27.1 Å². The highest BCUT2D eigenvalue weighted by atomic mass is 31.3. The van der Waals surface area contributed by atoms with Crippen molar-refractivity contribution in [3.05, 3.63) is 33.1 Å². The summed E-state index contributed by atoms with van der Waals surface area (Å²) in [5, 5.41) is 52.9. The number of H-pyrrole nitrogens is 1. The SMILES string of the molecule is COCCOCCNC(=O)C1O[C@@H](OP(=O)([O-])OP(=O)([O-])OC[C@H]2OC(n3ccc(=O)[nH]c3=O)[C@@H](O)[C@H]2O)C(O)[C@@H](O)[C@H]1O. The molecule has 0 radical (unpaired) electrons. The van der Waals surface area contributed by atoms with E-state index < -0.39 is 94.7 Å². The van der Waals surface area contributed by atoms with Crippen molar-refractivity contribution in [2.75, 3.05) is 40.1 Å². The first-order valence-corrected chi connectivity index (χ1v) is 15.5. The van der Waals surface area contributed by atoms with Crippen molar-refractivity contribution in [3.63, 3.8) is 0 Å². The zero-order valence-corrected chi connectivity index (χ0v) is 24.5. The van der Waals surface area contributed by atoms with Gasteiger partial charge in [-0.2, -0.15) is 0 Å². The highest BCUT2D eigenvalue weighted by Gasteiger charge is 2.49. The van der Waals surface area contributed by atoms with E-state index in [9.17, 15) is 58.8 Å². The van der Waals surface area contributed by atoms with E-state index in [0.29, 0.717) is 4.57 Å². The number of nitrogens with one attached hydrogen (secondary N) is 2. The van der Waals surface area contributed by atoms with Gasteiger partial charge in [-0.1, -0.05) is 0 Å². The molecular formula is C20H31N3O19P2-2. The summed E-state index contributed by atoms with van der Waals surface area (Å²) in [6.45, 7) is -0.784. The van der Waals surface area contributed by atoms with Gasteiger partial charge in [-0.05, 0) is 0 Å². The van der Waals surface area contributed by atoms with E-state index in [2.05, 4.69) is 18.7 Å². The van der Waals surface area contributed by atoms with Gasteiger partial charge < -0.3 is 64.1 Å². The van der Waals surface area contributed by atoms with Crippen molar-refractivity contribution in [2.24, 2.45) is 0 Å². The highest BCUT2D eigenvalue weighted by molar-refractivity contribution is 7.59. The Morgan fingerprint density at radius 1 is 1.00 bits per heavy atom. The number of ether oxygens (including phenoxy) is 4. The fourth-order valence-electron chi connectivity index (χ4n) is 3.92. The molecule has 11 atom stereocenters. The molecule has 22 nitrogen and oxygen atoms in total. The van der Waals surface area contributed by atoms with E-state index in [0.717, 1.165) is 12.3 Å². The molecule has 3 heterocycles. The first kappa shape index (κ1) is 36.5. The molecule has 0 bridgehead atoms. The van der Waals surface area contributed by atoms with Gasteiger partial charge in [0.2, 0.25) is 0 Å². The van der Waals surface area contributed by atoms with Crippen molar-refractivity contribution in [1.29, 1.82) is 0 Å². The maximum Gasteiger partial charge on any atom is 0.330 e. The third-order valence-corrected chi connectivity index (χ3v) is 8.63. The molecule has 1 aromatic rings. The number of hydrogen-bond acceptors (Lipinski definition) is 19. The lowest BCUT2D eigenvalue weighted by Crippen LogP contribution is -2.62. The predicted molar refractivity (Wildman–Crippen MR) is 133 cm³/mol. The van der Waals surface area contributed by atoms with Gasteiger partial charge in [0.05, 0.1) is 26.4 Å². The van der Waals surface area contributed by atoms with E-state index >= 15 is 0 Å². The molecule has 0 aliphatic carbocycles. The van der Waals surface area contributed by atoms with Crippen molar-refractivity contribution in [3.8, 4) is 0 Å². The Bertz CT molecular complexity index is 1330. The van der Waals surface area contributed by atoms with E-state index in [1.165, 1.54) is 7.11 Å². The third kappa shape index (κ3) is 9.53. The Balaban J connectivity index is 1.57. The summed E-state index contributed by atoms with van der Waals surface area (Å²) in [5.41, 5.74) is -1.81. The van der Waals surface area contributed by atoms with Crippen LogP contribution >= 0.6 is 15.6 Å². The number of carbonyl (C=O) groups excluding carboxylic acids is 1. The molecule has 0 spiro atoms. The normalized spacial score (nSPS) is 33.4. The molecular weight excluding hydrogens is 648 g/mol. The Hall–Kier alpha value is -1.95. The van der Waals surface area contributed by atoms with Crippen molar-refractivity contribution >= 4 is 21.6 Å². The van der Waals surface area contributed by atoms with Crippen LogP contribution in [-0.2, 0) is 46.2 Å². The Labute approximate surface area is 246 Å². The summed E-state index contributed by atoms with van der Waals surface area (Å²) >= 11 is 0. The summed E-state index contributed by atoms with van der Waals surface area (Å²) in [4.78, 5) is 62.0. The summed E-state index contributed by atoms with van der Waals surface area (Å²) < 4.78 is 58.0. The summed E-state index contributed by atoms with van der Waals surface area (Å²) in [6.07, 6.45) is -17.1. The first-order valence-electron chi connectivity index (χ1n) is 12.6. The lowest BCUT2D eigenvalue weighted by atomic mass is 9.98. The Kier molecular flexibility index (Phi) is 12.9. The highest BCUT2D eigenvalue weighted by Crippen LogP contribution is 2.57. The van der Waals surface area contributed by atoms with Crippen LogP contribution in [0, 0.1) is 0 Å². The molecule has 7 N–H and O–H groups in total. The number of carbonyl (C=O) groups is 1. The zero-order valence-electron chi connectivity index (χ0n) is 22.7. The van der Waals surface area contributed by atoms with E-state index in [-0.39, 0.29) is 26.4 Å². The van der Waals surface area contributed by atoms with Crippen LogP contribution in [0.3, 0.4) is 0 Å². The second kappa shape index (κ2) is 15.6. The minimum atomic E-state index is -6.04. The second-order valence-electron chi connectivity index (χ2n) is 9.23. The number of phosphoric ester groups is 2. The van der Waals surface area contributed by atoms with E-state index in [1.807, 2.05) is 4.98 Å². The van der Waals surface area contributed by atoms with Crippen LogP contribution in [0.2, 0.25) is 0 Å². The van der Waals surface area contributed by atoms with Gasteiger partial charge >= 0.3 is 5.69 Å². The van der Waals surface area contributed by atoms with Crippen molar-refractivity contribution < 1.29 is 81.5 Å². The van der Waals surface area contributed by atoms with Crippen LogP contribution in [0.4, 0.5) is 0 Å². The number of amides is 1. The molecule has 1 amide bonds. The monoisotopic (exact) mass is 679 g/mol. The molecule has 2 fully saturated rings. The molecule has 3 rings (SSSR count). The minimum Gasteiger partial charge on any atom is -0.756 e. The number of phosphoric acid groups is 2. The fraction of sp³-hybridized carbons (Fsp3) is 0.750. The van der Waals surface area contributed by atoms with Gasteiger partial charge in [-0.25, -0.2) is 9.11 Å². The molecule has 24 heteroatoms. The smallest absolute Gasteiger partial charge is 0.330 e. The fourth-order valence-corrected chi connectivity index (χ4v) is 6.01. The Morgan fingerprint density at radius 3 is 2.36 bits per heavy atom. The molecule has 1 aromatic heterocycles. The molecule has 44 heavy (non-hydrogen) atoms. The number of aliphatic hydroxyl groups is 5. The molecule has 0 aromatic carbocycles. The van der Waals surface area contributed by atoms with Gasteiger partial charge in [0, 0.05) is 25.9 Å². The summed E-state index contributed by atoms with van der Waals surface area (Å²) in [5.74, 6) is -1.08. The quantitative estimate of drug-likeness (QED) is 0.0669. The molecule has 5 unspecified atom stereocenters. The standard InChI is InChI=1S/C20H33N3O19P2/c1-36-6-7-37-5-3-21-17(30)16-13(27)12(26)15(29)19(40-16)41-44(34,35)42-43(32,33)38-8-9-11(25)14(28)18(39-9)23-4-2-10(24)22-20(23)31/h2,4,9,11-16,18-19,25-29H,3,5-8H2,1H3,(H,21,30)(H,32,33)(H,34,35)(H,22,24,31)/p-2/t9-,11+,12+,13-,14+,15?,16?,18?,19+/m1/s1. The van der Waals surface area contributed by atoms with Gasteiger partial charge in [-0.15, -0.1) is 0 Å². The van der Waals surface area contributed by atoms with Crippen LogP contribution in [0.15, 0.2) is 21.9 Å². The Morgan fingerprint density at radius 2 is 1.70 bits per heavy atom. The lowest BCUT2D eigenvalue weighted by Gasteiger charge is -2.41. The maximum atomic E-state index is 12.4. The first-order chi connectivity index (χ1) is 20.6. The summed E-state index contributed by atoms with van der Waals surface area (Å²) in [6, 6.07) is 0.904. The minimum absolute atomic E-state index is 0.000400. The lowest BCUT2D eigenvalue weighted by molar-refractivity contribution is -0.297.